The van der Waals surface area contributed by atoms with Crippen LogP contribution >= 0.6 is 11.8 Å². The summed E-state index contributed by atoms with van der Waals surface area (Å²) in [5.74, 6) is 4.47. The van der Waals surface area contributed by atoms with Crippen LogP contribution in [0.1, 0.15) is 73.1 Å². The van der Waals surface area contributed by atoms with E-state index in [-0.39, 0.29) is 0 Å². The van der Waals surface area contributed by atoms with E-state index in [2.05, 4.69) is 51.3 Å². The molecule has 0 rings (SSSR count). The molecule has 0 N–H and O–H groups in total. The van der Waals surface area contributed by atoms with Crippen molar-refractivity contribution in [2.24, 2.45) is 11.8 Å². The lowest BCUT2D eigenvalue weighted by Crippen LogP contribution is -2.27. The summed E-state index contributed by atoms with van der Waals surface area (Å²) in [5.41, 5.74) is 0. The van der Waals surface area contributed by atoms with Gasteiger partial charge in [-0.1, -0.05) is 53.9 Å². The Balaban J connectivity index is 3.45. The second-order valence-electron chi connectivity index (χ2n) is 6.67. The molecule has 0 radical (unpaired) electrons. The third-order valence-electron chi connectivity index (χ3n) is 3.86. The lowest BCUT2D eigenvalue weighted by Gasteiger charge is -2.20. The van der Waals surface area contributed by atoms with Gasteiger partial charge in [0.15, 0.2) is 0 Å². The molecule has 122 valence electrons. The second kappa shape index (κ2) is 14.3. The molecule has 0 aliphatic rings. The zero-order chi connectivity index (χ0) is 15.2. The average Bonchev–Trinajstić information content (AvgIpc) is 2.38. The molecule has 0 aliphatic carbocycles. The standard InChI is InChI=1S/C18H39NS/c1-6-12-19(13-7-2)14-16-20-15-11-18(5)10-8-9-17(3)4/h17-18H,6-16H2,1-5H3. The Morgan fingerprint density at radius 2 is 1.45 bits per heavy atom. The highest BCUT2D eigenvalue weighted by Gasteiger charge is 2.05. The van der Waals surface area contributed by atoms with Gasteiger partial charge in [-0.2, -0.15) is 11.8 Å². The minimum atomic E-state index is 0.875. The maximum absolute atomic E-state index is 2.62. The van der Waals surface area contributed by atoms with E-state index in [0.29, 0.717) is 0 Å². The normalized spacial score (nSPS) is 13.3. The van der Waals surface area contributed by atoms with E-state index in [1.807, 2.05) is 0 Å². The summed E-state index contributed by atoms with van der Waals surface area (Å²) in [6, 6.07) is 0. The summed E-state index contributed by atoms with van der Waals surface area (Å²) in [5, 5.41) is 0. The van der Waals surface area contributed by atoms with E-state index in [0.717, 1.165) is 11.8 Å². The van der Waals surface area contributed by atoms with Gasteiger partial charge in [-0.15, -0.1) is 0 Å². The van der Waals surface area contributed by atoms with E-state index >= 15 is 0 Å². The summed E-state index contributed by atoms with van der Waals surface area (Å²) >= 11 is 2.16. The van der Waals surface area contributed by atoms with Crippen LogP contribution in [0, 0.1) is 11.8 Å². The lowest BCUT2D eigenvalue weighted by atomic mass is 9.98. The quantitative estimate of drug-likeness (QED) is 0.379. The molecule has 0 aromatic carbocycles. The molecular formula is C18H39NS. The number of nitrogens with zero attached hydrogens (tertiary/aromatic N) is 1. The SMILES string of the molecule is CCCN(CCC)CCSCCC(C)CCCC(C)C. The average molecular weight is 302 g/mol. The van der Waals surface area contributed by atoms with Crippen LogP contribution in [0.15, 0.2) is 0 Å². The third-order valence-corrected chi connectivity index (χ3v) is 4.86. The molecule has 0 aromatic rings. The molecule has 20 heavy (non-hydrogen) atoms. The van der Waals surface area contributed by atoms with Crippen LogP contribution in [-0.2, 0) is 0 Å². The van der Waals surface area contributed by atoms with Crippen molar-refractivity contribution in [3.63, 3.8) is 0 Å². The van der Waals surface area contributed by atoms with Gasteiger partial charge in [0, 0.05) is 12.3 Å². The minimum absolute atomic E-state index is 0.875. The van der Waals surface area contributed by atoms with E-state index in [1.54, 1.807) is 0 Å². The smallest absolute Gasteiger partial charge is 0.00723 e. The number of hydrogen-bond acceptors (Lipinski definition) is 2. The van der Waals surface area contributed by atoms with Crippen molar-refractivity contribution in [2.75, 3.05) is 31.1 Å². The summed E-state index contributed by atoms with van der Waals surface area (Å²) in [6.07, 6.45) is 8.24. The lowest BCUT2D eigenvalue weighted by molar-refractivity contribution is 0.292. The molecule has 1 atom stereocenters. The van der Waals surface area contributed by atoms with Gasteiger partial charge >= 0.3 is 0 Å². The van der Waals surface area contributed by atoms with Crippen LogP contribution in [-0.4, -0.2) is 36.0 Å². The third kappa shape index (κ3) is 13.3. The number of rotatable bonds is 14. The zero-order valence-electron chi connectivity index (χ0n) is 14.8. The molecule has 0 heterocycles. The van der Waals surface area contributed by atoms with Gasteiger partial charge < -0.3 is 4.90 Å². The molecule has 2 heteroatoms. The highest BCUT2D eigenvalue weighted by Crippen LogP contribution is 2.17. The van der Waals surface area contributed by atoms with E-state index in [9.17, 15) is 0 Å². The van der Waals surface area contributed by atoms with Crippen LogP contribution in [0.25, 0.3) is 0 Å². The van der Waals surface area contributed by atoms with Crippen molar-refractivity contribution in [1.82, 2.24) is 4.90 Å². The van der Waals surface area contributed by atoms with Crippen LogP contribution in [0.5, 0.6) is 0 Å². The fraction of sp³-hybridized carbons (Fsp3) is 1.00. The summed E-state index contributed by atoms with van der Waals surface area (Å²) in [4.78, 5) is 2.62. The van der Waals surface area contributed by atoms with E-state index in [4.69, 9.17) is 0 Å². The van der Waals surface area contributed by atoms with Gasteiger partial charge in [0.05, 0.1) is 0 Å². The number of thioether (sulfide) groups is 1. The molecule has 0 amide bonds. The Kier molecular flexibility index (Phi) is 14.5. The first-order chi connectivity index (χ1) is 9.60. The van der Waals surface area contributed by atoms with Gasteiger partial charge in [0.1, 0.15) is 0 Å². The maximum Gasteiger partial charge on any atom is 0.00723 e. The highest BCUT2D eigenvalue weighted by atomic mass is 32.2. The van der Waals surface area contributed by atoms with Crippen LogP contribution in [0.3, 0.4) is 0 Å². The van der Waals surface area contributed by atoms with Crippen LogP contribution < -0.4 is 0 Å². The van der Waals surface area contributed by atoms with Crippen LogP contribution in [0.4, 0.5) is 0 Å². The highest BCUT2D eigenvalue weighted by molar-refractivity contribution is 7.99. The van der Waals surface area contributed by atoms with Crippen molar-refractivity contribution < 1.29 is 0 Å². The monoisotopic (exact) mass is 301 g/mol. The summed E-state index contributed by atoms with van der Waals surface area (Å²) in [7, 11) is 0. The Hall–Kier alpha value is 0.310. The first-order valence-electron chi connectivity index (χ1n) is 8.90. The molecule has 0 aromatic heterocycles. The first-order valence-corrected chi connectivity index (χ1v) is 10.1. The summed E-state index contributed by atoms with van der Waals surface area (Å²) < 4.78 is 0. The predicted octanol–water partition coefficient (Wildman–Crippen LogP) is 5.69. The Morgan fingerprint density at radius 1 is 0.800 bits per heavy atom. The van der Waals surface area contributed by atoms with Crippen molar-refractivity contribution in [1.29, 1.82) is 0 Å². The van der Waals surface area contributed by atoms with Crippen molar-refractivity contribution in [3.8, 4) is 0 Å². The van der Waals surface area contributed by atoms with Gasteiger partial charge in [0.2, 0.25) is 0 Å². The van der Waals surface area contributed by atoms with Gasteiger partial charge in [0.25, 0.3) is 0 Å². The van der Waals surface area contributed by atoms with Gasteiger partial charge in [-0.05, 0) is 49.9 Å². The molecule has 0 bridgehead atoms. The van der Waals surface area contributed by atoms with Gasteiger partial charge in [-0.25, -0.2) is 0 Å². The summed E-state index contributed by atoms with van der Waals surface area (Å²) in [6.45, 7) is 15.5. The Morgan fingerprint density at radius 3 is 2.00 bits per heavy atom. The fourth-order valence-corrected chi connectivity index (χ4v) is 3.73. The zero-order valence-corrected chi connectivity index (χ0v) is 15.6. The Labute approximate surface area is 133 Å². The molecule has 0 fully saturated rings. The van der Waals surface area contributed by atoms with Crippen molar-refractivity contribution >= 4 is 11.8 Å². The molecule has 0 spiro atoms. The maximum atomic E-state index is 2.62. The topological polar surface area (TPSA) is 3.24 Å². The van der Waals surface area contributed by atoms with E-state index < -0.39 is 0 Å². The largest absolute Gasteiger partial charge is 0.303 e. The second-order valence-corrected chi connectivity index (χ2v) is 7.90. The fourth-order valence-electron chi connectivity index (χ4n) is 2.57. The molecule has 0 saturated heterocycles. The van der Waals surface area contributed by atoms with Gasteiger partial charge in [-0.3, -0.25) is 0 Å². The first kappa shape index (κ1) is 20.3. The van der Waals surface area contributed by atoms with Crippen LogP contribution in [0.2, 0.25) is 0 Å². The Bertz CT molecular complexity index is 188. The molecular weight excluding hydrogens is 262 g/mol. The molecule has 1 nitrogen and oxygen atoms in total. The van der Waals surface area contributed by atoms with E-state index in [1.165, 1.54) is 69.7 Å². The molecule has 1 unspecified atom stereocenters. The van der Waals surface area contributed by atoms with Crippen molar-refractivity contribution in [2.45, 2.75) is 73.1 Å². The number of hydrogen-bond donors (Lipinski definition) is 0. The predicted molar refractivity (Wildman–Crippen MR) is 96.8 cm³/mol. The molecule has 0 saturated carbocycles. The van der Waals surface area contributed by atoms with Crippen molar-refractivity contribution in [3.05, 3.63) is 0 Å². The molecule has 0 aliphatic heterocycles. The minimum Gasteiger partial charge on any atom is -0.303 e.